The first kappa shape index (κ1) is 26.6. The predicted molar refractivity (Wildman–Crippen MR) is 127 cm³/mol. The molecular formula is C27H42O5. The van der Waals surface area contributed by atoms with Crippen molar-refractivity contribution in [2.75, 3.05) is 13.2 Å². The summed E-state index contributed by atoms with van der Waals surface area (Å²) < 4.78 is 24.5. The zero-order valence-electron chi connectivity index (χ0n) is 20.9. The molecule has 1 aliphatic rings. The first-order chi connectivity index (χ1) is 14.9. The van der Waals surface area contributed by atoms with E-state index in [9.17, 15) is 4.79 Å². The van der Waals surface area contributed by atoms with Crippen LogP contribution in [0.3, 0.4) is 0 Å². The molecular weight excluding hydrogens is 404 g/mol. The lowest BCUT2D eigenvalue weighted by molar-refractivity contribution is -0.308. The van der Waals surface area contributed by atoms with Crippen LogP contribution in [0.2, 0.25) is 0 Å². The van der Waals surface area contributed by atoms with Gasteiger partial charge in [0.1, 0.15) is 0 Å². The molecule has 180 valence electrons. The second kappa shape index (κ2) is 11.4. The maximum Gasteiger partial charge on any atom is 0.311 e. The van der Waals surface area contributed by atoms with Gasteiger partial charge in [0.05, 0.1) is 37.4 Å². The summed E-state index contributed by atoms with van der Waals surface area (Å²) >= 11 is 0. The molecule has 0 bridgehead atoms. The summed E-state index contributed by atoms with van der Waals surface area (Å²) in [6.07, 6.45) is 2.51. The van der Waals surface area contributed by atoms with Gasteiger partial charge >= 0.3 is 5.97 Å². The molecule has 1 aliphatic heterocycles. The molecule has 1 heterocycles. The Morgan fingerprint density at radius 2 is 1.91 bits per heavy atom. The smallest absolute Gasteiger partial charge is 0.311 e. The highest BCUT2D eigenvalue weighted by Crippen LogP contribution is 2.36. The van der Waals surface area contributed by atoms with Crippen molar-refractivity contribution < 1.29 is 23.7 Å². The Balaban J connectivity index is 2.20. The molecule has 32 heavy (non-hydrogen) atoms. The van der Waals surface area contributed by atoms with Crippen molar-refractivity contribution >= 4 is 5.97 Å². The number of rotatable bonds is 10. The van der Waals surface area contributed by atoms with Gasteiger partial charge < -0.3 is 18.9 Å². The van der Waals surface area contributed by atoms with Gasteiger partial charge in [-0.1, -0.05) is 50.3 Å². The second-order valence-corrected chi connectivity index (χ2v) is 10.5. The van der Waals surface area contributed by atoms with Crippen molar-refractivity contribution in [3.63, 3.8) is 0 Å². The second-order valence-electron chi connectivity index (χ2n) is 10.5. The normalized spacial score (nSPS) is 23.7. The summed E-state index contributed by atoms with van der Waals surface area (Å²) in [6, 6.07) is 10.1. The maximum absolute atomic E-state index is 12.3. The van der Waals surface area contributed by atoms with Gasteiger partial charge in [0.2, 0.25) is 0 Å². The Labute approximate surface area is 194 Å². The molecule has 0 amide bonds. The van der Waals surface area contributed by atoms with Crippen LogP contribution in [-0.4, -0.2) is 37.2 Å². The molecule has 0 aliphatic carbocycles. The quantitative estimate of drug-likeness (QED) is 0.337. The Morgan fingerprint density at radius 3 is 2.50 bits per heavy atom. The average Bonchev–Trinajstić information content (AvgIpc) is 2.73. The molecule has 0 radical (unpaired) electrons. The average molecular weight is 447 g/mol. The third-order valence-electron chi connectivity index (χ3n) is 5.97. The number of benzene rings is 1. The molecule has 5 nitrogen and oxygen atoms in total. The molecule has 1 saturated heterocycles. The number of hydrogen-bond acceptors (Lipinski definition) is 5. The highest BCUT2D eigenvalue weighted by atomic mass is 16.7. The topological polar surface area (TPSA) is 54.0 Å². The van der Waals surface area contributed by atoms with Crippen molar-refractivity contribution in [1.82, 2.24) is 0 Å². The largest absolute Gasteiger partial charge is 0.465 e. The molecule has 1 aromatic carbocycles. The van der Waals surface area contributed by atoms with E-state index in [4.69, 9.17) is 18.9 Å². The van der Waals surface area contributed by atoms with Crippen LogP contribution in [0.4, 0.5) is 0 Å². The van der Waals surface area contributed by atoms with E-state index in [-0.39, 0.29) is 35.9 Å². The van der Waals surface area contributed by atoms with Crippen LogP contribution in [0, 0.1) is 23.2 Å². The predicted octanol–water partition coefficient (Wildman–Crippen LogP) is 5.78. The highest BCUT2D eigenvalue weighted by molar-refractivity contribution is 5.75. The fourth-order valence-corrected chi connectivity index (χ4v) is 4.12. The molecule has 5 heteroatoms. The van der Waals surface area contributed by atoms with E-state index in [0.717, 1.165) is 12.0 Å². The molecule has 0 spiro atoms. The monoisotopic (exact) mass is 446 g/mol. The zero-order valence-corrected chi connectivity index (χ0v) is 20.9. The first-order valence-electron chi connectivity index (χ1n) is 11.7. The SMILES string of the molecule is C=CC[C@@H]1COC(C)(C)O[C@H]1[C@H](C)[C@H](OCc1ccccc1)[C@H](C)COC(=O)C(C)(C)C. The van der Waals surface area contributed by atoms with Crippen molar-refractivity contribution in [3.8, 4) is 0 Å². The van der Waals surface area contributed by atoms with E-state index in [1.54, 1.807) is 0 Å². The van der Waals surface area contributed by atoms with E-state index in [1.165, 1.54) is 0 Å². The van der Waals surface area contributed by atoms with Crippen LogP contribution < -0.4 is 0 Å². The van der Waals surface area contributed by atoms with E-state index in [2.05, 4.69) is 32.6 Å². The molecule has 0 unspecified atom stereocenters. The van der Waals surface area contributed by atoms with Gasteiger partial charge in [0, 0.05) is 17.8 Å². The fraction of sp³-hybridized carbons (Fsp3) is 0.667. The number of ether oxygens (including phenoxy) is 4. The van der Waals surface area contributed by atoms with Crippen molar-refractivity contribution in [2.45, 2.75) is 79.5 Å². The summed E-state index contributed by atoms with van der Waals surface area (Å²) in [5, 5.41) is 0. The fourth-order valence-electron chi connectivity index (χ4n) is 4.12. The molecule has 0 N–H and O–H groups in total. The Kier molecular flexibility index (Phi) is 9.50. The van der Waals surface area contributed by atoms with Crippen LogP contribution >= 0.6 is 0 Å². The van der Waals surface area contributed by atoms with Gasteiger partial charge in [0.25, 0.3) is 0 Å². The zero-order chi connectivity index (χ0) is 23.9. The standard InChI is InChI=1S/C27H42O5/c1-9-13-22-18-31-27(7,8)32-24(22)20(3)23(29-17-21-14-11-10-12-15-21)19(2)16-30-25(28)26(4,5)6/h9-12,14-15,19-20,22-24H,1,13,16-18H2,2-8H3/t19-,20-,22-,23-,24+/m1/s1. The third kappa shape index (κ3) is 7.72. The number of carbonyl (C=O) groups excluding carboxylic acids is 1. The van der Waals surface area contributed by atoms with Crippen molar-refractivity contribution in [1.29, 1.82) is 0 Å². The molecule has 1 aromatic rings. The number of carbonyl (C=O) groups is 1. The van der Waals surface area contributed by atoms with E-state index in [0.29, 0.717) is 19.8 Å². The Morgan fingerprint density at radius 1 is 1.25 bits per heavy atom. The lowest BCUT2D eigenvalue weighted by Crippen LogP contribution is -2.52. The first-order valence-corrected chi connectivity index (χ1v) is 11.7. The Hall–Kier alpha value is -1.69. The number of allylic oxidation sites excluding steroid dienone is 1. The van der Waals surface area contributed by atoms with Crippen LogP contribution in [0.15, 0.2) is 43.0 Å². The number of hydrogen-bond donors (Lipinski definition) is 0. The molecule has 5 atom stereocenters. The molecule has 0 aromatic heterocycles. The summed E-state index contributed by atoms with van der Waals surface area (Å²) in [4.78, 5) is 12.3. The summed E-state index contributed by atoms with van der Waals surface area (Å²) in [5.74, 6) is -0.591. The minimum Gasteiger partial charge on any atom is -0.465 e. The molecule has 2 rings (SSSR count). The highest BCUT2D eigenvalue weighted by Gasteiger charge is 2.43. The third-order valence-corrected chi connectivity index (χ3v) is 5.97. The minimum absolute atomic E-state index is 0.000972. The van der Waals surface area contributed by atoms with E-state index in [1.807, 2.05) is 58.9 Å². The van der Waals surface area contributed by atoms with Gasteiger partial charge in [-0.15, -0.1) is 6.58 Å². The van der Waals surface area contributed by atoms with E-state index < -0.39 is 11.2 Å². The van der Waals surface area contributed by atoms with E-state index >= 15 is 0 Å². The van der Waals surface area contributed by atoms with Crippen LogP contribution in [0.25, 0.3) is 0 Å². The van der Waals surface area contributed by atoms with Gasteiger partial charge in [-0.2, -0.15) is 0 Å². The molecule has 1 fully saturated rings. The van der Waals surface area contributed by atoms with Gasteiger partial charge in [-0.05, 0) is 46.6 Å². The maximum atomic E-state index is 12.3. The minimum atomic E-state index is -0.650. The summed E-state index contributed by atoms with van der Waals surface area (Å²) in [6.45, 7) is 19.1. The van der Waals surface area contributed by atoms with Crippen LogP contribution in [0.1, 0.15) is 60.5 Å². The Bertz CT molecular complexity index is 721. The number of esters is 1. The van der Waals surface area contributed by atoms with Crippen molar-refractivity contribution in [3.05, 3.63) is 48.6 Å². The van der Waals surface area contributed by atoms with Crippen LogP contribution in [-0.2, 0) is 30.3 Å². The summed E-state index contributed by atoms with van der Waals surface area (Å²) in [7, 11) is 0. The molecule has 0 saturated carbocycles. The van der Waals surface area contributed by atoms with Crippen LogP contribution in [0.5, 0.6) is 0 Å². The lowest BCUT2D eigenvalue weighted by atomic mass is 9.81. The van der Waals surface area contributed by atoms with Gasteiger partial charge in [0.15, 0.2) is 5.79 Å². The summed E-state index contributed by atoms with van der Waals surface area (Å²) in [5.41, 5.74) is 0.577. The van der Waals surface area contributed by atoms with Gasteiger partial charge in [-0.25, -0.2) is 0 Å². The lowest BCUT2D eigenvalue weighted by Gasteiger charge is -2.46. The van der Waals surface area contributed by atoms with Crippen molar-refractivity contribution in [2.24, 2.45) is 23.2 Å². The van der Waals surface area contributed by atoms with Gasteiger partial charge in [-0.3, -0.25) is 4.79 Å².